The molecule has 1 spiro atoms. The first-order valence-corrected chi connectivity index (χ1v) is 12.7. The van der Waals surface area contributed by atoms with E-state index in [1.807, 2.05) is 7.11 Å². The molecule has 0 bridgehead atoms. The van der Waals surface area contributed by atoms with Crippen LogP contribution in [0.25, 0.3) is 10.9 Å². The van der Waals surface area contributed by atoms with E-state index in [0.717, 1.165) is 25.2 Å². The summed E-state index contributed by atoms with van der Waals surface area (Å²) in [4.78, 5) is 36.6. The van der Waals surface area contributed by atoms with Gasteiger partial charge in [0, 0.05) is 50.0 Å². The van der Waals surface area contributed by atoms with E-state index in [9.17, 15) is 39.5 Å². The van der Waals surface area contributed by atoms with Crippen LogP contribution in [0.15, 0.2) is 36.4 Å². The first kappa shape index (κ1) is 39.3. The second-order valence-corrected chi connectivity index (χ2v) is 10.1. The highest BCUT2D eigenvalue weighted by Crippen LogP contribution is 2.43. The molecule has 2 atom stereocenters. The highest BCUT2D eigenvalue weighted by Gasteiger charge is 2.49. The Balaban J connectivity index is 0.000000396. The van der Waals surface area contributed by atoms with Crippen LogP contribution in [0.2, 0.25) is 0 Å². The highest BCUT2D eigenvalue weighted by molar-refractivity contribution is 5.78. The lowest BCUT2D eigenvalue weighted by Gasteiger charge is -2.30. The molecule has 254 valence electrons. The summed E-state index contributed by atoms with van der Waals surface area (Å²) in [6, 6.07) is 12.7. The third kappa shape index (κ3) is 13.0. The van der Waals surface area contributed by atoms with Crippen LogP contribution in [-0.2, 0) is 25.7 Å². The molecule has 2 fully saturated rings. The lowest BCUT2D eigenvalue weighted by Crippen LogP contribution is -2.36. The number of aliphatic carboxylic acids is 3. The molecule has 0 radical (unpaired) electrons. The SMILES string of the molecule is COC[C@@H]1CN(C)C[C@@]12CCN(Cc1ccc3ccccc3n1)C2.O=C(O)C(F)(F)F.O=C(O)C(F)(F)F.O=C(O)C(F)(F)F. The summed E-state index contributed by atoms with van der Waals surface area (Å²) in [6.07, 6.45) is -14.0. The predicted molar refractivity (Wildman–Crippen MR) is 138 cm³/mol. The van der Waals surface area contributed by atoms with Gasteiger partial charge in [-0.2, -0.15) is 39.5 Å². The average Bonchev–Trinajstić information content (AvgIpc) is 3.44. The van der Waals surface area contributed by atoms with Gasteiger partial charge in [-0.15, -0.1) is 0 Å². The zero-order valence-electron chi connectivity index (χ0n) is 23.7. The van der Waals surface area contributed by atoms with Crippen molar-refractivity contribution < 1.29 is 74.0 Å². The Morgan fingerprint density at radius 1 is 0.867 bits per heavy atom. The number of nitrogens with zero attached hydrogens (tertiary/aromatic N) is 3. The Labute approximate surface area is 250 Å². The van der Waals surface area contributed by atoms with E-state index in [4.69, 9.17) is 39.4 Å². The number of para-hydroxylation sites is 1. The van der Waals surface area contributed by atoms with Gasteiger partial charge in [0.2, 0.25) is 0 Å². The molecule has 0 amide bonds. The number of likely N-dealkylation sites (tertiary alicyclic amines) is 2. The fourth-order valence-corrected chi connectivity index (χ4v) is 4.74. The molecule has 1 aromatic carbocycles. The Bertz CT molecular complexity index is 1230. The number of benzene rings is 1. The van der Waals surface area contributed by atoms with Gasteiger partial charge in [-0.3, -0.25) is 9.88 Å². The number of methoxy groups -OCH3 is 1. The van der Waals surface area contributed by atoms with Gasteiger partial charge in [-0.25, -0.2) is 14.4 Å². The molecule has 3 N–H and O–H groups in total. The van der Waals surface area contributed by atoms with Crippen molar-refractivity contribution in [1.29, 1.82) is 0 Å². The van der Waals surface area contributed by atoms with E-state index in [2.05, 4.69) is 53.2 Å². The zero-order valence-corrected chi connectivity index (χ0v) is 23.7. The minimum Gasteiger partial charge on any atom is -0.475 e. The van der Waals surface area contributed by atoms with Gasteiger partial charge in [0.1, 0.15) is 0 Å². The fraction of sp³-hybridized carbons (Fsp3) is 0.538. The first-order valence-electron chi connectivity index (χ1n) is 12.7. The van der Waals surface area contributed by atoms with E-state index >= 15 is 0 Å². The van der Waals surface area contributed by atoms with Gasteiger partial charge in [0.15, 0.2) is 0 Å². The Hall–Kier alpha value is -3.71. The van der Waals surface area contributed by atoms with Crippen LogP contribution in [0.5, 0.6) is 0 Å². The number of aromatic nitrogens is 1. The maximum absolute atomic E-state index is 10.6. The van der Waals surface area contributed by atoms with Crippen LogP contribution >= 0.6 is 0 Å². The minimum atomic E-state index is -5.08. The second kappa shape index (κ2) is 16.0. The van der Waals surface area contributed by atoms with Crippen molar-refractivity contribution in [3.05, 3.63) is 42.1 Å². The molecule has 4 rings (SSSR count). The summed E-state index contributed by atoms with van der Waals surface area (Å²) in [5, 5.41) is 22.6. The molecule has 1 aromatic heterocycles. The van der Waals surface area contributed by atoms with Crippen molar-refractivity contribution in [2.24, 2.45) is 11.3 Å². The number of ether oxygens (including phenoxy) is 1. The number of carboxylic acids is 3. The maximum Gasteiger partial charge on any atom is 0.490 e. The predicted octanol–water partition coefficient (Wildman–Crippen LogP) is 4.53. The Morgan fingerprint density at radius 3 is 1.82 bits per heavy atom. The van der Waals surface area contributed by atoms with Crippen LogP contribution < -0.4 is 0 Å². The number of carbonyl (C=O) groups is 3. The van der Waals surface area contributed by atoms with Crippen molar-refractivity contribution in [2.45, 2.75) is 31.5 Å². The highest BCUT2D eigenvalue weighted by atomic mass is 19.4. The Kier molecular flexibility index (Phi) is 14.0. The van der Waals surface area contributed by atoms with Crippen molar-refractivity contribution >= 4 is 28.8 Å². The van der Waals surface area contributed by atoms with Crippen LogP contribution in [0.1, 0.15) is 12.1 Å². The van der Waals surface area contributed by atoms with Crippen molar-refractivity contribution in [1.82, 2.24) is 14.8 Å². The van der Waals surface area contributed by atoms with Crippen LogP contribution in [0, 0.1) is 11.3 Å². The van der Waals surface area contributed by atoms with Gasteiger partial charge in [-0.05, 0) is 32.1 Å². The third-order valence-corrected chi connectivity index (χ3v) is 6.58. The maximum atomic E-state index is 10.6. The molecule has 0 aliphatic carbocycles. The summed E-state index contributed by atoms with van der Waals surface area (Å²) in [5.41, 5.74) is 2.68. The smallest absolute Gasteiger partial charge is 0.475 e. The van der Waals surface area contributed by atoms with Crippen LogP contribution in [-0.4, -0.2) is 113 Å². The molecule has 19 heteroatoms. The number of alkyl halides is 9. The third-order valence-electron chi connectivity index (χ3n) is 6.58. The van der Waals surface area contributed by atoms with Gasteiger partial charge in [0.25, 0.3) is 0 Å². The van der Waals surface area contributed by atoms with Gasteiger partial charge in [0.05, 0.1) is 17.8 Å². The molecule has 10 nitrogen and oxygen atoms in total. The number of rotatable bonds is 4. The standard InChI is InChI=1S/C20H27N3O.3C2HF3O2/c1-22-11-17(13-24-2)20(14-22)9-10-23(15-20)12-18-8-7-16-5-3-4-6-19(16)21-18;3*3-2(4,5)1(6)7/h3-8,17H,9-15H2,1-2H3;3*(H,6,7)/t17-,20+;;;/m0.../s1. The van der Waals surface area contributed by atoms with Crippen LogP contribution in [0.3, 0.4) is 0 Å². The molecule has 3 heterocycles. The Morgan fingerprint density at radius 2 is 1.36 bits per heavy atom. The number of fused-ring (bicyclic) bond motifs is 1. The molecule has 2 aromatic rings. The van der Waals surface area contributed by atoms with E-state index in [1.54, 1.807) is 0 Å². The first-order chi connectivity index (χ1) is 20.5. The number of halogens is 9. The average molecular weight is 668 g/mol. The summed E-state index contributed by atoms with van der Waals surface area (Å²) in [7, 11) is 4.07. The number of pyridine rings is 1. The number of carboxylic acid groups (broad SMARTS) is 3. The zero-order chi connectivity index (χ0) is 34.8. The fourth-order valence-electron chi connectivity index (χ4n) is 4.74. The molecular formula is C26H30F9N3O7. The normalized spacial score (nSPS) is 20.4. The summed E-state index contributed by atoms with van der Waals surface area (Å²) >= 11 is 0. The minimum absolute atomic E-state index is 0.404. The van der Waals surface area contributed by atoms with Crippen molar-refractivity contribution in [3.8, 4) is 0 Å². The summed E-state index contributed by atoms with van der Waals surface area (Å²) < 4.78 is 101. The quantitative estimate of drug-likeness (QED) is 0.399. The molecule has 2 aliphatic rings. The van der Waals surface area contributed by atoms with Crippen LogP contribution in [0.4, 0.5) is 39.5 Å². The summed E-state index contributed by atoms with van der Waals surface area (Å²) in [6.45, 7) is 6.53. The van der Waals surface area contributed by atoms with E-state index in [1.165, 1.54) is 37.1 Å². The van der Waals surface area contributed by atoms with Gasteiger partial charge in [-0.1, -0.05) is 24.3 Å². The van der Waals surface area contributed by atoms with Gasteiger partial charge < -0.3 is 25.0 Å². The molecule has 2 saturated heterocycles. The topological polar surface area (TPSA) is 140 Å². The second-order valence-electron chi connectivity index (χ2n) is 10.1. The summed E-state index contributed by atoms with van der Waals surface area (Å²) in [5.74, 6) is -7.62. The van der Waals surface area contributed by atoms with E-state index in [0.29, 0.717) is 11.3 Å². The van der Waals surface area contributed by atoms with Crippen molar-refractivity contribution in [2.75, 3.05) is 46.9 Å². The van der Waals surface area contributed by atoms with E-state index in [-0.39, 0.29) is 0 Å². The molecule has 45 heavy (non-hydrogen) atoms. The number of hydrogen-bond acceptors (Lipinski definition) is 7. The molecular weight excluding hydrogens is 637 g/mol. The lowest BCUT2D eigenvalue weighted by molar-refractivity contribution is -0.193. The lowest BCUT2D eigenvalue weighted by atomic mass is 9.78. The number of hydrogen-bond donors (Lipinski definition) is 3. The van der Waals surface area contributed by atoms with Crippen molar-refractivity contribution in [3.63, 3.8) is 0 Å². The van der Waals surface area contributed by atoms with Gasteiger partial charge >= 0.3 is 36.4 Å². The monoisotopic (exact) mass is 667 g/mol. The molecule has 0 saturated carbocycles. The molecule has 2 aliphatic heterocycles. The molecule has 0 unspecified atom stereocenters. The largest absolute Gasteiger partial charge is 0.490 e. The van der Waals surface area contributed by atoms with E-state index < -0.39 is 36.4 Å².